The number of rotatable bonds is 1. The average molecular weight is 261 g/mol. The fourth-order valence-corrected chi connectivity index (χ4v) is 2.87. The molecule has 0 saturated carbocycles. The van der Waals surface area contributed by atoms with E-state index in [1.807, 2.05) is 13.8 Å². The van der Waals surface area contributed by atoms with Crippen molar-refractivity contribution in [2.75, 3.05) is 0 Å². The van der Waals surface area contributed by atoms with E-state index < -0.39 is 0 Å². The Balaban J connectivity index is 0.000000581. The van der Waals surface area contributed by atoms with Crippen LogP contribution in [0.5, 0.6) is 0 Å². The van der Waals surface area contributed by atoms with Crippen molar-refractivity contribution in [2.24, 2.45) is 0 Å². The molecule has 20 heavy (non-hydrogen) atoms. The van der Waals surface area contributed by atoms with Gasteiger partial charge >= 0.3 is 0 Å². The van der Waals surface area contributed by atoms with Crippen molar-refractivity contribution in [3.05, 3.63) is 71.9 Å². The van der Waals surface area contributed by atoms with Gasteiger partial charge in [0.05, 0.1) is 5.52 Å². The molecule has 0 N–H and O–H groups in total. The molecule has 100 valence electrons. The second kappa shape index (κ2) is 5.38. The summed E-state index contributed by atoms with van der Waals surface area (Å²) in [5.74, 6) is 0. The van der Waals surface area contributed by atoms with Crippen LogP contribution in [0.25, 0.3) is 22.7 Å². The average Bonchev–Trinajstić information content (AvgIpc) is 3.10. The van der Waals surface area contributed by atoms with E-state index in [-0.39, 0.29) is 0 Å². The maximum absolute atomic E-state index is 2.38. The van der Waals surface area contributed by atoms with E-state index in [4.69, 9.17) is 0 Å². The smallest absolute Gasteiger partial charge is 0.0537 e. The normalized spacial score (nSPS) is 12.1. The Bertz CT molecular complexity index is 748. The summed E-state index contributed by atoms with van der Waals surface area (Å²) in [7, 11) is 0. The largest absolute Gasteiger partial charge is 0.313 e. The van der Waals surface area contributed by atoms with Gasteiger partial charge in [0.2, 0.25) is 0 Å². The number of fused-ring (bicyclic) bond motifs is 3. The first-order chi connectivity index (χ1) is 9.95. The lowest BCUT2D eigenvalue weighted by atomic mass is 10.2. The van der Waals surface area contributed by atoms with E-state index in [0.717, 1.165) is 6.42 Å². The number of allylic oxidation sites excluding steroid dienone is 1. The molecule has 0 saturated heterocycles. The Morgan fingerprint density at radius 1 is 0.850 bits per heavy atom. The van der Waals surface area contributed by atoms with Crippen LogP contribution in [0, 0.1) is 0 Å². The Labute approximate surface area is 120 Å². The first-order valence-electron chi connectivity index (χ1n) is 7.29. The summed E-state index contributed by atoms with van der Waals surface area (Å²) in [4.78, 5) is 0. The maximum Gasteiger partial charge on any atom is 0.0537 e. The highest BCUT2D eigenvalue weighted by atomic mass is 15.0. The number of hydrogen-bond donors (Lipinski definition) is 0. The molecule has 1 heterocycles. The molecule has 1 nitrogen and oxygen atoms in total. The van der Waals surface area contributed by atoms with Gasteiger partial charge in [-0.2, -0.15) is 0 Å². The van der Waals surface area contributed by atoms with Gasteiger partial charge in [0.1, 0.15) is 0 Å². The third-order valence-electron chi connectivity index (χ3n) is 3.63. The number of benzene rings is 2. The molecule has 0 aliphatic heterocycles. The summed E-state index contributed by atoms with van der Waals surface area (Å²) in [5.41, 5.74) is 5.34. The van der Waals surface area contributed by atoms with Gasteiger partial charge in [0.15, 0.2) is 0 Å². The minimum absolute atomic E-state index is 1.03. The molecule has 0 fully saturated rings. The minimum atomic E-state index is 1.03. The lowest BCUT2D eigenvalue weighted by molar-refractivity contribution is 1.01. The molecule has 1 heteroatoms. The van der Waals surface area contributed by atoms with Crippen LogP contribution < -0.4 is 0 Å². The third kappa shape index (κ3) is 1.87. The van der Waals surface area contributed by atoms with Gasteiger partial charge in [-0.15, -0.1) is 0 Å². The van der Waals surface area contributed by atoms with Crippen LogP contribution in [0.1, 0.15) is 25.1 Å². The van der Waals surface area contributed by atoms with Crippen molar-refractivity contribution in [3.63, 3.8) is 0 Å². The molecular formula is C19H19N. The Kier molecular flexibility index (Phi) is 3.42. The quantitative estimate of drug-likeness (QED) is 0.565. The predicted octanol–water partition coefficient (Wildman–Crippen LogP) is 5.23. The first kappa shape index (κ1) is 12.7. The summed E-state index contributed by atoms with van der Waals surface area (Å²) < 4.78 is 2.38. The molecule has 1 aromatic heterocycles. The van der Waals surface area contributed by atoms with Crippen molar-refractivity contribution in [3.8, 4) is 5.69 Å². The fourth-order valence-electron chi connectivity index (χ4n) is 2.87. The molecule has 4 rings (SSSR count). The molecule has 0 bridgehead atoms. The van der Waals surface area contributed by atoms with Gasteiger partial charge in [-0.3, -0.25) is 0 Å². The van der Waals surface area contributed by atoms with E-state index in [1.165, 1.54) is 27.8 Å². The summed E-state index contributed by atoms with van der Waals surface area (Å²) in [6.07, 6.45) is 5.52. The highest BCUT2D eigenvalue weighted by Crippen LogP contribution is 2.33. The number of aromatic nitrogens is 1. The van der Waals surface area contributed by atoms with Gasteiger partial charge in [-0.05, 0) is 18.2 Å². The van der Waals surface area contributed by atoms with Crippen LogP contribution in [0.3, 0.4) is 0 Å². The van der Waals surface area contributed by atoms with Crippen molar-refractivity contribution < 1.29 is 0 Å². The molecule has 0 unspecified atom stereocenters. The predicted molar refractivity (Wildman–Crippen MR) is 87.4 cm³/mol. The lowest BCUT2D eigenvalue weighted by Gasteiger charge is -2.08. The Morgan fingerprint density at radius 2 is 1.55 bits per heavy atom. The zero-order chi connectivity index (χ0) is 13.9. The van der Waals surface area contributed by atoms with Crippen LogP contribution in [-0.2, 0) is 6.42 Å². The summed E-state index contributed by atoms with van der Waals surface area (Å²) in [6, 6.07) is 19.2. The second-order valence-corrected chi connectivity index (χ2v) is 4.65. The lowest BCUT2D eigenvalue weighted by Crippen LogP contribution is -1.98. The van der Waals surface area contributed by atoms with Gasteiger partial charge in [0, 0.05) is 28.8 Å². The van der Waals surface area contributed by atoms with Crippen molar-refractivity contribution in [2.45, 2.75) is 20.3 Å². The second-order valence-electron chi connectivity index (χ2n) is 4.65. The van der Waals surface area contributed by atoms with Gasteiger partial charge in [-0.1, -0.05) is 62.4 Å². The van der Waals surface area contributed by atoms with Gasteiger partial charge in [0.25, 0.3) is 0 Å². The van der Waals surface area contributed by atoms with Gasteiger partial charge in [-0.25, -0.2) is 0 Å². The molecule has 2 aromatic carbocycles. The topological polar surface area (TPSA) is 4.93 Å². The third-order valence-corrected chi connectivity index (χ3v) is 3.63. The Hall–Kier alpha value is -2.28. The highest BCUT2D eigenvalue weighted by molar-refractivity contribution is 5.94. The molecule has 1 aliphatic rings. The Morgan fingerprint density at radius 3 is 2.35 bits per heavy atom. The minimum Gasteiger partial charge on any atom is -0.313 e. The van der Waals surface area contributed by atoms with Crippen LogP contribution in [0.4, 0.5) is 0 Å². The van der Waals surface area contributed by atoms with Crippen molar-refractivity contribution in [1.82, 2.24) is 4.57 Å². The SMILES string of the molecule is C1=Cc2c(n(-c3ccccc3)c3ccccc23)C1.CC. The van der Waals surface area contributed by atoms with E-state index >= 15 is 0 Å². The molecule has 0 spiro atoms. The van der Waals surface area contributed by atoms with Crippen molar-refractivity contribution in [1.29, 1.82) is 0 Å². The molecule has 0 amide bonds. The first-order valence-corrected chi connectivity index (χ1v) is 7.29. The summed E-state index contributed by atoms with van der Waals surface area (Å²) in [5, 5.41) is 1.35. The van der Waals surface area contributed by atoms with E-state index in [0.29, 0.717) is 0 Å². The number of nitrogens with zero attached hydrogens (tertiary/aromatic N) is 1. The standard InChI is InChI=1S/C17H13N.C2H6/c1-2-7-13(8-3-1)18-16-11-5-4-9-14(16)15-10-6-12-17(15)18;1-2/h1-11H,12H2;1-2H3. The van der Waals surface area contributed by atoms with Crippen LogP contribution in [0.2, 0.25) is 0 Å². The molecule has 1 aliphatic carbocycles. The van der Waals surface area contributed by atoms with Crippen molar-refractivity contribution >= 4 is 17.0 Å². The molecular weight excluding hydrogens is 242 g/mol. The molecule has 0 radical (unpaired) electrons. The fraction of sp³-hybridized carbons (Fsp3) is 0.158. The summed E-state index contributed by atoms with van der Waals surface area (Å²) in [6.45, 7) is 4.00. The molecule has 3 aromatic rings. The van der Waals surface area contributed by atoms with Crippen LogP contribution in [0.15, 0.2) is 60.7 Å². The van der Waals surface area contributed by atoms with E-state index in [1.54, 1.807) is 0 Å². The number of para-hydroxylation sites is 2. The summed E-state index contributed by atoms with van der Waals surface area (Å²) >= 11 is 0. The van der Waals surface area contributed by atoms with Crippen LogP contribution in [-0.4, -0.2) is 4.57 Å². The van der Waals surface area contributed by atoms with Gasteiger partial charge < -0.3 is 4.57 Å². The maximum atomic E-state index is 2.38. The molecule has 0 atom stereocenters. The van der Waals surface area contributed by atoms with E-state index in [2.05, 4.69) is 71.3 Å². The number of hydrogen-bond acceptors (Lipinski definition) is 0. The monoisotopic (exact) mass is 261 g/mol. The highest BCUT2D eigenvalue weighted by Gasteiger charge is 2.17. The zero-order valence-corrected chi connectivity index (χ0v) is 12.0. The van der Waals surface area contributed by atoms with E-state index in [9.17, 15) is 0 Å². The zero-order valence-electron chi connectivity index (χ0n) is 12.0. The van der Waals surface area contributed by atoms with Crippen LogP contribution >= 0.6 is 0 Å².